The summed E-state index contributed by atoms with van der Waals surface area (Å²) in [5, 5.41) is 3.80. The molecule has 0 bridgehead atoms. The molecule has 0 saturated carbocycles. The highest BCUT2D eigenvalue weighted by atomic mass is 79.9. The van der Waals surface area contributed by atoms with E-state index in [1.807, 2.05) is 0 Å². The van der Waals surface area contributed by atoms with Gasteiger partial charge in [0.15, 0.2) is 0 Å². The smallest absolute Gasteiger partial charge is 0.340 e. The third-order valence-electron chi connectivity index (χ3n) is 2.20. The number of halogens is 5. The Kier molecular flexibility index (Phi) is 6.42. The van der Waals surface area contributed by atoms with Crippen LogP contribution in [0.15, 0.2) is 16.6 Å². The lowest BCUT2D eigenvalue weighted by Crippen LogP contribution is -2.41. The minimum Gasteiger partial charge on any atom is -0.465 e. The van der Waals surface area contributed by atoms with Crippen molar-refractivity contribution in [1.82, 2.24) is 5.32 Å². The Morgan fingerprint density at radius 2 is 1.86 bits per heavy atom. The van der Waals surface area contributed by atoms with Crippen LogP contribution in [0.25, 0.3) is 0 Å². The third-order valence-corrected chi connectivity index (χ3v) is 3.32. The van der Waals surface area contributed by atoms with Crippen LogP contribution in [0.3, 0.4) is 0 Å². The van der Waals surface area contributed by atoms with Crippen LogP contribution in [-0.4, -0.2) is 28.8 Å². The summed E-state index contributed by atoms with van der Waals surface area (Å²) in [6.07, 6.45) is 0. The first-order chi connectivity index (χ1) is 10.1. The minimum absolute atomic E-state index is 0.0174. The average molecular weight is 436 g/mol. The number of nitrogens with one attached hydrogen (secondary N) is 2. The van der Waals surface area contributed by atoms with Gasteiger partial charge in [-0.1, -0.05) is 34.8 Å². The van der Waals surface area contributed by atoms with Gasteiger partial charge in [-0.25, -0.2) is 14.0 Å². The van der Waals surface area contributed by atoms with E-state index >= 15 is 0 Å². The van der Waals surface area contributed by atoms with Gasteiger partial charge in [0.1, 0.15) is 5.82 Å². The SMILES string of the molecule is COC(=O)c1cc(Br)c(F)cc1NC(=O)NC(=O)C(Cl)(Cl)Cl. The van der Waals surface area contributed by atoms with Crippen molar-refractivity contribution in [3.05, 3.63) is 28.0 Å². The topological polar surface area (TPSA) is 84.5 Å². The van der Waals surface area contributed by atoms with Gasteiger partial charge in [0.25, 0.3) is 9.70 Å². The molecule has 1 aromatic rings. The van der Waals surface area contributed by atoms with Crippen LogP contribution in [0.5, 0.6) is 0 Å². The molecule has 0 aliphatic rings. The number of alkyl halides is 3. The molecule has 11 heteroatoms. The Hall–Kier alpha value is -1.09. The van der Waals surface area contributed by atoms with E-state index in [9.17, 15) is 18.8 Å². The molecule has 120 valence electrons. The van der Waals surface area contributed by atoms with Crippen molar-refractivity contribution in [2.75, 3.05) is 12.4 Å². The van der Waals surface area contributed by atoms with Crippen LogP contribution in [0, 0.1) is 5.82 Å². The summed E-state index contributed by atoms with van der Waals surface area (Å²) in [6.45, 7) is 0. The molecular weight excluding hydrogens is 429 g/mol. The van der Waals surface area contributed by atoms with Crippen LogP contribution in [0.2, 0.25) is 0 Å². The number of hydrogen-bond donors (Lipinski definition) is 2. The van der Waals surface area contributed by atoms with Gasteiger partial charge in [-0.3, -0.25) is 10.1 Å². The zero-order chi connectivity index (χ0) is 17.1. The molecule has 1 rings (SSSR count). The number of esters is 1. The van der Waals surface area contributed by atoms with E-state index in [1.165, 1.54) is 0 Å². The van der Waals surface area contributed by atoms with E-state index in [4.69, 9.17) is 34.8 Å². The third kappa shape index (κ3) is 4.98. The fourth-order valence-corrected chi connectivity index (χ4v) is 1.74. The quantitative estimate of drug-likeness (QED) is 0.550. The van der Waals surface area contributed by atoms with Crippen molar-refractivity contribution < 1.29 is 23.5 Å². The Balaban J connectivity index is 3.02. The van der Waals surface area contributed by atoms with E-state index in [2.05, 4.69) is 26.0 Å². The van der Waals surface area contributed by atoms with Crippen molar-refractivity contribution in [3.8, 4) is 0 Å². The fraction of sp³-hybridized carbons (Fsp3) is 0.182. The molecule has 0 saturated heterocycles. The maximum atomic E-state index is 13.5. The summed E-state index contributed by atoms with van der Waals surface area (Å²) in [4.78, 5) is 34.5. The molecule has 0 aliphatic heterocycles. The molecule has 6 nitrogen and oxygen atoms in total. The lowest BCUT2D eigenvalue weighted by Gasteiger charge is -2.13. The second-order valence-electron chi connectivity index (χ2n) is 3.71. The maximum absolute atomic E-state index is 13.5. The second kappa shape index (κ2) is 7.45. The van der Waals surface area contributed by atoms with E-state index < -0.39 is 27.5 Å². The number of rotatable bonds is 2. The summed E-state index contributed by atoms with van der Waals surface area (Å²) in [5.74, 6) is -2.80. The summed E-state index contributed by atoms with van der Waals surface area (Å²) < 4.78 is 15.7. The van der Waals surface area contributed by atoms with Gasteiger partial charge < -0.3 is 10.1 Å². The number of imide groups is 1. The predicted octanol–water partition coefficient (Wildman–Crippen LogP) is 3.39. The largest absolute Gasteiger partial charge is 0.465 e. The van der Waals surface area contributed by atoms with Gasteiger partial charge >= 0.3 is 12.0 Å². The molecule has 1 aromatic carbocycles. The van der Waals surface area contributed by atoms with Crippen LogP contribution < -0.4 is 10.6 Å². The molecule has 22 heavy (non-hydrogen) atoms. The number of hydrogen-bond acceptors (Lipinski definition) is 4. The molecule has 3 amide bonds. The van der Waals surface area contributed by atoms with E-state index in [0.717, 1.165) is 19.2 Å². The van der Waals surface area contributed by atoms with Crippen molar-refractivity contribution in [3.63, 3.8) is 0 Å². The molecule has 0 atom stereocenters. The standard InChI is InChI=1S/C11H7BrCl3FN2O4/c1-22-8(19)4-2-5(12)6(16)3-7(4)17-10(21)18-9(20)11(13,14)15/h2-3H,1H3,(H2,17,18,20,21). The van der Waals surface area contributed by atoms with Crippen molar-refractivity contribution in [1.29, 1.82) is 0 Å². The highest BCUT2D eigenvalue weighted by molar-refractivity contribution is 9.10. The lowest BCUT2D eigenvalue weighted by molar-refractivity contribution is -0.119. The molecule has 0 heterocycles. The summed E-state index contributed by atoms with van der Waals surface area (Å²) in [5.41, 5.74) is -0.380. The summed E-state index contributed by atoms with van der Waals surface area (Å²) >= 11 is 18.7. The first-order valence-electron chi connectivity index (χ1n) is 5.32. The molecule has 0 spiro atoms. The number of methoxy groups -OCH3 is 1. The van der Waals surface area contributed by atoms with Crippen molar-refractivity contribution >= 4 is 74.3 Å². The van der Waals surface area contributed by atoms with Gasteiger partial charge in [-0.2, -0.15) is 0 Å². The summed E-state index contributed by atoms with van der Waals surface area (Å²) in [6, 6.07) is 0.840. The number of benzene rings is 1. The molecule has 0 unspecified atom stereocenters. The zero-order valence-electron chi connectivity index (χ0n) is 10.7. The van der Waals surface area contributed by atoms with Gasteiger partial charge in [0, 0.05) is 0 Å². The highest BCUT2D eigenvalue weighted by Crippen LogP contribution is 2.27. The first-order valence-corrected chi connectivity index (χ1v) is 7.25. The monoisotopic (exact) mass is 434 g/mol. The molecule has 0 fully saturated rings. The minimum atomic E-state index is -2.35. The van der Waals surface area contributed by atoms with Gasteiger partial charge in [0.2, 0.25) is 0 Å². The average Bonchev–Trinajstić information content (AvgIpc) is 2.40. The van der Waals surface area contributed by atoms with Crippen LogP contribution >= 0.6 is 50.7 Å². The maximum Gasteiger partial charge on any atom is 0.340 e. The number of amides is 3. The molecule has 0 radical (unpaired) electrons. The first kappa shape index (κ1) is 19.0. The van der Waals surface area contributed by atoms with E-state index in [1.54, 1.807) is 5.32 Å². The van der Waals surface area contributed by atoms with Gasteiger partial charge in [-0.05, 0) is 28.1 Å². The normalized spacial score (nSPS) is 10.8. The number of ether oxygens (including phenoxy) is 1. The van der Waals surface area contributed by atoms with Crippen LogP contribution in [-0.2, 0) is 9.53 Å². The van der Waals surface area contributed by atoms with Gasteiger partial charge in [0.05, 0.1) is 22.8 Å². The number of urea groups is 1. The molecule has 0 aromatic heterocycles. The Labute approximate surface area is 147 Å². The number of carbonyl (C=O) groups excluding carboxylic acids is 3. The highest BCUT2D eigenvalue weighted by Gasteiger charge is 2.32. The van der Waals surface area contributed by atoms with Crippen LogP contribution in [0.4, 0.5) is 14.9 Å². The van der Waals surface area contributed by atoms with E-state index in [0.29, 0.717) is 0 Å². The van der Waals surface area contributed by atoms with Crippen molar-refractivity contribution in [2.45, 2.75) is 3.79 Å². The molecule has 2 N–H and O–H groups in total. The van der Waals surface area contributed by atoms with Gasteiger partial charge in [-0.15, -0.1) is 0 Å². The van der Waals surface area contributed by atoms with Crippen molar-refractivity contribution in [2.24, 2.45) is 0 Å². The zero-order valence-corrected chi connectivity index (χ0v) is 14.5. The second-order valence-corrected chi connectivity index (χ2v) is 6.85. The Morgan fingerprint density at radius 3 is 2.36 bits per heavy atom. The Morgan fingerprint density at radius 1 is 1.27 bits per heavy atom. The number of anilines is 1. The number of carbonyl (C=O) groups is 3. The summed E-state index contributed by atoms with van der Waals surface area (Å²) in [7, 11) is 1.11. The fourth-order valence-electron chi connectivity index (χ4n) is 1.26. The molecular formula is C11H7BrCl3FN2O4. The van der Waals surface area contributed by atoms with Crippen LogP contribution in [0.1, 0.15) is 10.4 Å². The lowest BCUT2D eigenvalue weighted by atomic mass is 10.1. The van der Waals surface area contributed by atoms with E-state index in [-0.39, 0.29) is 15.7 Å². The predicted molar refractivity (Wildman–Crippen MR) is 82.9 cm³/mol. The molecule has 0 aliphatic carbocycles. The Bertz CT molecular complexity index is 636.